The van der Waals surface area contributed by atoms with E-state index >= 15 is 0 Å². The molecule has 6 heteroatoms. The van der Waals surface area contributed by atoms with E-state index in [1.165, 1.54) is 19.2 Å². The van der Waals surface area contributed by atoms with Gasteiger partial charge in [0, 0.05) is 0 Å². The number of aryl methyl sites for hydroxylation is 1. The Morgan fingerprint density at radius 1 is 1.40 bits per heavy atom. The molecule has 0 spiro atoms. The van der Waals surface area contributed by atoms with Crippen LogP contribution in [0.1, 0.15) is 35.6 Å². The highest BCUT2D eigenvalue weighted by Gasteiger charge is 2.25. The van der Waals surface area contributed by atoms with Crippen LogP contribution < -0.4 is 5.32 Å². The molecule has 0 bridgehead atoms. The first-order chi connectivity index (χ1) is 9.40. The van der Waals surface area contributed by atoms with Crippen LogP contribution in [0, 0.1) is 24.2 Å². The van der Waals surface area contributed by atoms with E-state index in [9.17, 15) is 9.59 Å². The first-order valence-corrected chi connectivity index (χ1v) is 6.17. The molecule has 1 unspecified atom stereocenters. The van der Waals surface area contributed by atoms with E-state index in [-0.39, 0.29) is 11.6 Å². The van der Waals surface area contributed by atoms with E-state index in [4.69, 9.17) is 5.26 Å². The fraction of sp³-hybridized carbons (Fsp3) is 0.429. The fourth-order valence-corrected chi connectivity index (χ4v) is 1.65. The molecule has 0 aromatic carbocycles. The van der Waals surface area contributed by atoms with Crippen molar-refractivity contribution in [3.05, 3.63) is 29.1 Å². The largest absolute Gasteiger partial charge is 0.467 e. The summed E-state index contributed by atoms with van der Waals surface area (Å²) in [6.45, 7) is 5.26. The Kier molecular flexibility index (Phi) is 5.21. The van der Waals surface area contributed by atoms with Gasteiger partial charge in [-0.15, -0.1) is 0 Å². The highest BCUT2D eigenvalue weighted by Crippen LogP contribution is 2.08. The maximum Gasteiger partial charge on any atom is 0.328 e. The SMILES string of the molecule is COC(=O)C(NC(=O)c1ccc(C#N)c(C)n1)C(C)C. The lowest BCUT2D eigenvalue weighted by Gasteiger charge is -2.19. The van der Waals surface area contributed by atoms with Crippen LogP contribution in [0.15, 0.2) is 12.1 Å². The van der Waals surface area contributed by atoms with E-state index < -0.39 is 17.9 Å². The van der Waals surface area contributed by atoms with E-state index in [0.29, 0.717) is 11.3 Å². The first-order valence-electron chi connectivity index (χ1n) is 6.17. The van der Waals surface area contributed by atoms with Crippen molar-refractivity contribution in [2.24, 2.45) is 5.92 Å². The second kappa shape index (κ2) is 6.66. The normalized spacial score (nSPS) is 11.6. The summed E-state index contributed by atoms with van der Waals surface area (Å²) in [6.07, 6.45) is 0. The molecular formula is C14H17N3O3. The summed E-state index contributed by atoms with van der Waals surface area (Å²) in [7, 11) is 1.27. The summed E-state index contributed by atoms with van der Waals surface area (Å²) in [6, 6.07) is 4.23. The van der Waals surface area contributed by atoms with Gasteiger partial charge in [0.25, 0.3) is 5.91 Å². The Bertz CT molecular complexity index is 561. The topological polar surface area (TPSA) is 92.1 Å². The highest BCUT2D eigenvalue weighted by atomic mass is 16.5. The number of hydrogen-bond donors (Lipinski definition) is 1. The van der Waals surface area contributed by atoms with E-state index in [1.54, 1.807) is 20.8 Å². The minimum Gasteiger partial charge on any atom is -0.467 e. The van der Waals surface area contributed by atoms with E-state index in [0.717, 1.165) is 0 Å². The summed E-state index contributed by atoms with van der Waals surface area (Å²) in [5.74, 6) is -1.08. The summed E-state index contributed by atoms with van der Waals surface area (Å²) < 4.78 is 4.65. The van der Waals surface area contributed by atoms with Crippen molar-refractivity contribution in [3.63, 3.8) is 0 Å². The number of carbonyl (C=O) groups is 2. The van der Waals surface area contributed by atoms with Gasteiger partial charge in [-0.3, -0.25) is 4.79 Å². The molecule has 6 nitrogen and oxygen atoms in total. The number of rotatable bonds is 4. The molecular weight excluding hydrogens is 258 g/mol. The Morgan fingerprint density at radius 3 is 2.50 bits per heavy atom. The molecule has 20 heavy (non-hydrogen) atoms. The molecule has 0 fully saturated rings. The average Bonchev–Trinajstić information content (AvgIpc) is 2.43. The van der Waals surface area contributed by atoms with Gasteiger partial charge in [0.05, 0.1) is 18.4 Å². The van der Waals surface area contributed by atoms with Crippen LogP contribution in [0.4, 0.5) is 0 Å². The van der Waals surface area contributed by atoms with Crippen LogP contribution in [0.25, 0.3) is 0 Å². The molecule has 0 saturated heterocycles. The van der Waals surface area contributed by atoms with Crippen LogP contribution in [0.3, 0.4) is 0 Å². The third kappa shape index (κ3) is 3.54. The summed E-state index contributed by atoms with van der Waals surface area (Å²) >= 11 is 0. The zero-order valence-corrected chi connectivity index (χ0v) is 11.9. The molecule has 0 aliphatic heterocycles. The third-order valence-corrected chi connectivity index (χ3v) is 2.85. The van der Waals surface area contributed by atoms with E-state index in [2.05, 4.69) is 15.0 Å². The van der Waals surface area contributed by atoms with Crippen LogP contribution in [-0.4, -0.2) is 30.0 Å². The minimum atomic E-state index is -0.731. The Balaban J connectivity index is 2.93. The predicted octanol–water partition coefficient (Wildman–Crippen LogP) is 1.19. The molecule has 0 saturated carbocycles. The van der Waals surface area contributed by atoms with Gasteiger partial charge >= 0.3 is 5.97 Å². The minimum absolute atomic E-state index is 0.106. The van der Waals surface area contributed by atoms with Crippen molar-refractivity contribution >= 4 is 11.9 Å². The Hall–Kier alpha value is -2.42. The molecule has 1 aromatic rings. The number of hydrogen-bond acceptors (Lipinski definition) is 5. The van der Waals surface area contributed by atoms with Crippen LogP contribution in [-0.2, 0) is 9.53 Å². The standard InChI is InChI=1S/C14H17N3O3/c1-8(2)12(14(19)20-4)17-13(18)11-6-5-10(7-15)9(3)16-11/h5-6,8,12H,1-4H3,(H,17,18). The number of amides is 1. The molecule has 1 atom stereocenters. The van der Waals surface area contributed by atoms with Gasteiger partial charge in [0.2, 0.25) is 0 Å². The number of methoxy groups -OCH3 is 1. The quantitative estimate of drug-likeness (QED) is 0.833. The number of aromatic nitrogens is 1. The number of ether oxygens (including phenoxy) is 1. The monoisotopic (exact) mass is 275 g/mol. The van der Waals surface area contributed by atoms with Crippen molar-refractivity contribution < 1.29 is 14.3 Å². The lowest BCUT2D eigenvalue weighted by Crippen LogP contribution is -2.45. The third-order valence-electron chi connectivity index (χ3n) is 2.85. The number of nitrogens with zero attached hydrogens (tertiary/aromatic N) is 2. The van der Waals surface area contributed by atoms with E-state index in [1.807, 2.05) is 6.07 Å². The van der Waals surface area contributed by atoms with Crippen molar-refractivity contribution in [2.75, 3.05) is 7.11 Å². The van der Waals surface area contributed by atoms with Gasteiger partial charge in [-0.25, -0.2) is 9.78 Å². The summed E-state index contributed by atoms with van der Waals surface area (Å²) in [5.41, 5.74) is 1.05. The molecule has 0 aliphatic carbocycles. The molecule has 106 valence electrons. The molecule has 1 amide bonds. The average molecular weight is 275 g/mol. The van der Waals surface area contributed by atoms with Crippen molar-refractivity contribution in [3.8, 4) is 6.07 Å². The first kappa shape index (κ1) is 15.6. The number of carbonyl (C=O) groups excluding carboxylic acids is 2. The zero-order valence-electron chi connectivity index (χ0n) is 11.9. The van der Waals surface area contributed by atoms with Crippen LogP contribution in [0.5, 0.6) is 0 Å². The van der Waals surface area contributed by atoms with Crippen LogP contribution >= 0.6 is 0 Å². The number of pyridine rings is 1. The Labute approximate surface area is 117 Å². The Morgan fingerprint density at radius 2 is 2.05 bits per heavy atom. The number of esters is 1. The fourth-order valence-electron chi connectivity index (χ4n) is 1.65. The molecule has 0 aliphatic rings. The van der Waals surface area contributed by atoms with Gasteiger partial charge in [-0.05, 0) is 25.0 Å². The number of nitriles is 1. The van der Waals surface area contributed by atoms with Gasteiger partial charge in [0.15, 0.2) is 0 Å². The summed E-state index contributed by atoms with van der Waals surface area (Å²) in [5, 5.41) is 11.4. The highest BCUT2D eigenvalue weighted by molar-refractivity contribution is 5.95. The molecule has 1 N–H and O–H groups in total. The van der Waals surface area contributed by atoms with Gasteiger partial charge in [0.1, 0.15) is 17.8 Å². The molecule has 1 aromatic heterocycles. The lowest BCUT2D eigenvalue weighted by atomic mass is 10.0. The molecule has 0 radical (unpaired) electrons. The van der Waals surface area contributed by atoms with Crippen molar-refractivity contribution in [2.45, 2.75) is 26.8 Å². The maximum absolute atomic E-state index is 12.1. The maximum atomic E-state index is 12.1. The predicted molar refractivity (Wildman–Crippen MR) is 71.8 cm³/mol. The molecule has 1 rings (SSSR count). The van der Waals surface area contributed by atoms with Crippen molar-refractivity contribution in [1.29, 1.82) is 5.26 Å². The lowest BCUT2D eigenvalue weighted by molar-refractivity contribution is -0.144. The van der Waals surface area contributed by atoms with Crippen LogP contribution in [0.2, 0.25) is 0 Å². The summed E-state index contributed by atoms with van der Waals surface area (Å²) in [4.78, 5) is 27.7. The smallest absolute Gasteiger partial charge is 0.328 e. The zero-order chi connectivity index (χ0) is 15.3. The van der Waals surface area contributed by atoms with Gasteiger partial charge in [-0.2, -0.15) is 5.26 Å². The number of nitrogens with one attached hydrogen (secondary N) is 1. The molecule has 1 heterocycles. The van der Waals surface area contributed by atoms with Gasteiger partial charge < -0.3 is 10.1 Å². The second-order valence-electron chi connectivity index (χ2n) is 4.66. The van der Waals surface area contributed by atoms with Gasteiger partial charge in [-0.1, -0.05) is 13.8 Å². The van der Waals surface area contributed by atoms with Crippen molar-refractivity contribution in [1.82, 2.24) is 10.3 Å². The second-order valence-corrected chi connectivity index (χ2v) is 4.66.